The second-order valence-corrected chi connectivity index (χ2v) is 8.56. The van der Waals surface area contributed by atoms with Crippen LogP contribution >= 0.6 is 0 Å². The van der Waals surface area contributed by atoms with Crippen molar-refractivity contribution < 1.29 is 13.5 Å². The molecular formula is C27H29F2N3O. The van der Waals surface area contributed by atoms with Crippen LogP contribution in [0, 0.1) is 28.9 Å². The summed E-state index contributed by atoms with van der Waals surface area (Å²) in [6, 6.07) is 2.50. The van der Waals surface area contributed by atoms with E-state index in [1.165, 1.54) is 0 Å². The van der Waals surface area contributed by atoms with Gasteiger partial charge >= 0.3 is 0 Å². The molecule has 1 heterocycles. The van der Waals surface area contributed by atoms with E-state index in [1.54, 1.807) is 30.5 Å². The van der Waals surface area contributed by atoms with Crippen LogP contribution in [0.5, 0.6) is 5.75 Å². The summed E-state index contributed by atoms with van der Waals surface area (Å²) < 4.78 is 36.8. The number of aliphatic imine (C=N–C) groups is 1. The quantitative estimate of drug-likeness (QED) is 0.523. The SMILES string of the molecule is C=C/C=C\C(N)C1=N/C=C/CC(C)/C(Oc2cc(F)c3c(c2F)C=C(C)CCC3C)=C\1C#N. The van der Waals surface area contributed by atoms with Gasteiger partial charge < -0.3 is 10.5 Å². The van der Waals surface area contributed by atoms with Gasteiger partial charge in [0.15, 0.2) is 11.6 Å². The van der Waals surface area contributed by atoms with E-state index in [0.717, 1.165) is 24.5 Å². The van der Waals surface area contributed by atoms with Crippen molar-refractivity contribution in [3.05, 3.63) is 82.8 Å². The molecule has 0 saturated carbocycles. The van der Waals surface area contributed by atoms with E-state index in [4.69, 9.17) is 10.5 Å². The molecule has 0 fully saturated rings. The number of hydrogen-bond donors (Lipinski definition) is 1. The maximum Gasteiger partial charge on any atom is 0.173 e. The normalized spacial score (nSPS) is 26.6. The maximum atomic E-state index is 15.6. The number of benzene rings is 1. The summed E-state index contributed by atoms with van der Waals surface area (Å²) >= 11 is 0. The maximum absolute atomic E-state index is 15.6. The number of halogens is 2. The molecule has 1 aliphatic carbocycles. The van der Waals surface area contributed by atoms with Gasteiger partial charge in [0, 0.05) is 29.3 Å². The van der Waals surface area contributed by atoms with Crippen molar-refractivity contribution in [2.24, 2.45) is 16.6 Å². The molecule has 1 aromatic rings. The molecule has 2 N–H and O–H groups in total. The number of hydrogen-bond acceptors (Lipinski definition) is 4. The lowest BCUT2D eigenvalue weighted by molar-refractivity contribution is 0.335. The van der Waals surface area contributed by atoms with Gasteiger partial charge in [-0.2, -0.15) is 5.26 Å². The Morgan fingerprint density at radius 2 is 2.09 bits per heavy atom. The first-order chi connectivity index (χ1) is 15.8. The summed E-state index contributed by atoms with van der Waals surface area (Å²) in [5, 5.41) is 9.97. The lowest BCUT2D eigenvalue weighted by atomic mass is 9.92. The van der Waals surface area contributed by atoms with Gasteiger partial charge in [0.05, 0.1) is 11.8 Å². The monoisotopic (exact) mass is 449 g/mol. The Hall–Kier alpha value is -3.30. The van der Waals surface area contributed by atoms with Gasteiger partial charge in [0.2, 0.25) is 0 Å². The van der Waals surface area contributed by atoms with Crippen LogP contribution in [-0.4, -0.2) is 11.8 Å². The Labute approximate surface area is 194 Å². The van der Waals surface area contributed by atoms with Crippen LogP contribution in [0.15, 0.2) is 65.0 Å². The van der Waals surface area contributed by atoms with Crippen molar-refractivity contribution in [3.63, 3.8) is 0 Å². The Balaban J connectivity index is 2.16. The molecule has 0 saturated heterocycles. The molecule has 1 aliphatic heterocycles. The number of allylic oxidation sites excluding steroid dienone is 5. The van der Waals surface area contributed by atoms with E-state index in [2.05, 4.69) is 17.6 Å². The van der Waals surface area contributed by atoms with E-state index in [0.29, 0.717) is 12.0 Å². The fourth-order valence-corrected chi connectivity index (χ4v) is 4.13. The Kier molecular flexibility index (Phi) is 7.78. The van der Waals surface area contributed by atoms with E-state index < -0.39 is 17.7 Å². The van der Waals surface area contributed by atoms with Gasteiger partial charge in [-0.1, -0.05) is 56.4 Å². The van der Waals surface area contributed by atoms with Crippen molar-refractivity contribution >= 4 is 11.8 Å². The average Bonchev–Trinajstić information content (AvgIpc) is 2.93. The molecule has 0 bridgehead atoms. The summed E-state index contributed by atoms with van der Waals surface area (Å²) in [5.41, 5.74) is 8.18. The molecule has 1 aromatic carbocycles. The minimum atomic E-state index is -0.703. The molecule has 3 unspecified atom stereocenters. The van der Waals surface area contributed by atoms with Gasteiger partial charge in [-0.15, -0.1) is 0 Å². The van der Waals surface area contributed by atoms with Crippen molar-refractivity contribution in [1.29, 1.82) is 5.26 Å². The lowest BCUT2D eigenvalue weighted by Gasteiger charge is -2.23. The summed E-state index contributed by atoms with van der Waals surface area (Å²) in [4.78, 5) is 4.34. The summed E-state index contributed by atoms with van der Waals surface area (Å²) in [6.07, 6.45) is 12.0. The van der Waals surface area contributed by atoms with Crippen molar-refractivity contribution in [3.8, 4) is 11.8 Å². The van der Waals surface area contributed by atoms with Crippen LogP contribution in [0.3, 0.4) is 0 Å². The van der Waals surface area contributed by atoms with Gasteiger partial charge in [0.25, 0.3) is 0 Å². The first kappa shape index (κ1) is 24.3. The smallest absolute Gasteiger partial charge is 0.173 e. The summed E-state index contributed by atoms with van der Waals surface area (Å²) in [5.74, 6) is -1.60. The second-order valence-electron chi connectivity index (χ2n) is 8.56. The van der Waals surface area contributed by atoms with E-state index in [1.807, 2.05) is 26.8 Å². The Bertz CT molecular complexity index is 1140. The predicted molar refractivity (Wildman–Crippen MR) is 129 cm³/mol. The van der Waals surface area contributed by atoms with Crippen molar-refractivity contribution in [1.82, 2.24) is 0 Å². The average molecular weight is 450 g/mol. The summed E-state index contributed by atoms with van der Waals surface area (Å²) in [7, 11) is 0. The molecule has 0 spiro atoms. The molecule has 0 radical (unpaired) electrons. The van der Waals surface area contributed by atoms with Gasteiger partial charge in [-0.25, -0.2) is 8.78 Å². The molecule has 6 heteroatoms. The fourth-order valence-electron chi connectivity index (χ4n) is 4.13. The third-order valence-corrected chi connectivity index (χ3v) is 5.97. The van der Waals surface area contributed by atoms with Crippen LogP contribution in [-0.2, 0) is 0 Å². The van der Waals surface area contributed by atoms with Gasteiger partial charge in [-0.3, -0.25) is 4.99 Å². The highest BCUT2D eigenvalue weighted by Gasteiger charge is 2.28. The standard InChI is InChI=1S/C27H29F2N3O/c1-5-6-9-22(31)26-20(15-30)27(18(4)8-7-12-32-26)33-23-14-21(28)24-17(3)11-10-16(2)13-19(24)25(23)29/h5-7,9,12-14,17-18,22H,1,8,10-11,31H2,2-4H3/b9-6-,12-7+,27-20+,32-26+. The lowest BCUT2D eigenvalue weighted by Crippen LogP contribution is -2.31. The zero-order valence-electron chi connectivity index (χ0n) is 19.2. The van der Waals surface area contributed by atoms with Crippen LogP contribution in [0.4, 0.5) is 8.78 Å². The second kappa shape index (κ2) is 10.5. The topological polar surface area (TPSA) is 71.4 Å². The number of nitrogens with two attached hydrogens (primary N) is 1. The molecule has 0 aromatic heterocycles. The largest absolute Gasteiger partial charge is 0.457 e. The van der Waals surface area contributed by atoms with Gasteiger partial charge in [0.1, 0.15) is 23.2 Å². The molecule has 33 heavy (non-hydrogen) atoms. The minimum absolute atomic E-state index is 0.114. The number of nitrogens with zero attached hydrogens (tertiary/aromatic N) is 2. The summed E-state index contributed by atoms with van der Waals surface area (Å²) in [6.45, 7) is 9.29. The number of ether oxygens (including phenoxy) is 1. The van der Waals surface area contributed by atoms with Crippen molar-refractivity contribution in [2.45, 2.75) is 52.0 Å². The van der Waals surface area contributed by atoms with Crippen LogP contribution < -0.4 is 10.5 Å². The highest BCUT2D eigenvalue weighted by atomic mass is 19.1. The van der Waals surface area contributed by atoms with Crippen LogP contribution in [0.25, 0.3) is 6.08 Å². The molecule has 172 valence electrons. The number of fused-ring (bicyclic) bond motifs is 1. The Morgan fingerprint density at radius 3 is 2.79 bits per heavy atom. The Morgan fingerprint density at radius 1 is 1.33 bits per heavy atom. The highest BCUT2D eigenvalue weighted by molar-refractivity contribution is 6.08. The van der Waals surface area contributed by atoms with E-state index in [-0.39, 0.29) is 40.2 Å². The fraction of sp³-hybridized carbons (Fsp3) is 0.333. The predicted octanol–water partition coefficient (Wildman–Crippen LogP) is 6.49. The molecule has 2 aliphatic rings. The molecule has 3 rings (SSSR count). The first-order valence-electron chi connectivity index (χ1n) is 11.1. The van der Waals surface area contributed by atoms with Crippen molar-refractivity contribution in [2.75, 3.05) is 0 Å². The number of rotatable bonds is 5. The third kappa shape index (κ3) is 5.20. The zero-order chi connectivity index (χ0) is 24.1. The first-order valence-corrected chi connectivity index (χ1v) is 11.1. The highest BCUT2D eigenvalue weighted by Crippen LogP contribution is 2.39. The van der Waals surface area contributed by atoms with Crippen LogP contribution in [0.1, 0.15) is 57.1 Å². The van der Waals surface area contributed by atoms with E-state index in [9.17, 15) is 5.26 Å². The third-order valence-electron chi connectivity index (χ3n) is 5.97. The minimum Gasteiger partial charge on any atom is -0.457 e. The molecule has 0 amide bonds. The number of nitriles is 1. The zero-order valence-corrected chi connectivity index (χ0v) is 19.2. The molecular weight excluding hydrogens is 420 g/mol. The van der Waals surface area contributed by atoms with Gasteiger partial charge in [-0.05, 0) is 32.1 Å². The van der Waals surface area contributed by atoms with Crippen LogP contribution in [0.2, 0.25) is 0 Å². The molecule has 4 nitrogen and oxygen atoms in total. The van der Waals surface area contributed by atoms with E-state index >= 15 is 8.78 Å². The molecule has 3 atom stereocenters.